The lowest BCUT2D eigenvalue weighted by Crippen LogP contribution is -2.11. The first kappa shape index (κ1) is 13.5. The maximum atomic E-state index is 12.2. The third kappa shape index (κ3) is 2.58. The van der Waals surface area contributed by atoms with Gasteiger partial charge >= 0.3 is 6.61 Å². The van der Waals surface area contributed by atoms with E-state index in [1.54, 1.807) is 6.07 Å². The molecule has 1 heterocycles. The van der Waals surface area contributed by atoms with Gasteiger partial charge in [-0.2, -0.15) is 8.78 Å². The molecular formula is C13H15F2N3O. The van der Waals surface area contributed by atoms with Gasteiger partial charge in [0.1, 0.15) is 5.75 Å². The maximum absolute atomic E-state index is 12.2. The highest BCUT2D eigenvalue weighted by Gasteiger charge is 2.12. The monoisotopic (exact) mass is 267 g/mol. The van der Waals surface area contributed by atoms with Gasteiger partial charge in [0, 0.05) is 11.1 Å². The Morgan fingerprint density at radius 2 is 2.16 bits per heavy atom. The summed E-state index contributed by atoms with van der Waals surface area (Å²) in [7, 11) is 0. The van der Waals surface area contributed by atoms with Crippen molar-refractivity contribution >= 4 is 16.6 Å². The van der Waals surface area contributed by atoms with Crippen molar-refractivity contribution in [1.29, 1.82) is 0 Å². The highest BCUT2D eigenvalue weighted by molar-refractivity contribution is 5.94. The van der Waals surface area contributed by atoms with E-state index in [1.165, 1.54) is 12.1 Å². The van der Waals surface area contributed by atoms with E-state index in [0.29, 0.717) is 16.6 Å². The predicted octanol–water partition coefficient (Wildman–Crippen LogP) is 2.99. The molecule has 0 saturated carbocycles. The minimum Gasteiger partial charge on any atom is -0.435 e. The summed E-state index contributed by atoms with van der Waals surface area (Å²) in [4.78, 5) is 4.48. The third-order valence-electron chi connectivity index (χ3n) is 3.01. The second-order valence-electron chi connectivity index (χ2n) is 4.11. The summed E-state index contributed by atoms with van der Waals surface area (Å²) < 4.78 is 28.8. The second-order valence-corrected chi connectivity index (χ2v) is 4.11. The van der Waals surface area contributed by atoms with Crippen LogP contribution in [0.15, 0.2) is 18.2 Å². The molecule has 1 aromatic heterocycles. The van der Waals surface area contributed by atoms with Crippen LogP contribution in [0.25, 0.3) is 10.9 Å². The Balaban J connectivity index is 2.63. The molecule has 4 nitrogen and oxygen atoms in total. The molecule has 0 saturated heterocycles. The summed E-state index contributed by atoms with van der Waals surface area (Å²) in [5.41, 5.74) is 5.81. The topological polar surface area (TPSA) is 60.2 Å². The molecule has 2 aromatic rings. The van der Waals surface area contributed by atoms with Crippen LogP contribution in [0.5, 0.6) is 5.75 Å². The zero-order valence-electron chi connectivity index (χ0n) is 10.7. The summed E-state index contributed by atoms with van der Waals surface area (Å²) in [6, 6.07) is 4.62. The number of hydrazine groups is 1. The maximum Gasteiger partial charge on any atom is 0.387 e. The number of alkyl halides is 2. The van der Waals surface area contributed by atoms with Crippen LogP contribution < -0.4 is 16.0 Å². The third-order valence-corrected chi connectivity index (χ3v) is 3.01. The summed E-state index contributed by atoms with van der Waals surface area (Å²) in [5, 5.41) is 0.662. The van der Waals surface area contributed by atoms with Gasteiger partial charge in [0.2, 0.25) is 0 Å². The lowest BCUT2D eigenvalue weighted by Gasteiger charge is -2.14. The van der Waals surface area contributed by atoms with E-state index in [-0.39, 0.29) is 5.75 Å². The lowest BCUT2D eigenvalue weighted by molar-refractivity contribution is -0.0497. The summed E-state index contributed by atoms with van der Waals surface area (Å²) in [6.07, 6.45) is 0.770. The van der Waals surface area contributed by atoms with E-state index < -0.39 is 6.61 Å². The Kier molecular flexibility index (Phi) is 3.80. The second kappa shape index (κ2) is 5.36. The highest BCUT2D eigenvalue weighted by Crippen LogP contribution is 2.31. The van der Waals surface area contributed by atoms with Gasteiger partial charge in [-0.15, -0.1) is 0 Å². The van der Waals surface area contributed by atoms with Crippen molar-refractivity contribution in [2.45, 2.75) is 26.9 Å². The first-order valence-electron chi connectivity index (χ1n) is 5.91. The molecule has 0 spiro atoms. The number of halogens is 2. The van der Waals surface area contributed by atoms with E-state index in [0.717, 1.165) is 17.7 Å². The number of nitrogens with zero attached hydrogens (tertiary/aromatic N) is 1. The van der Waals surface area contributed by atoms with Crippen LogP contribution in [0.4, 0.5) is 14.5 Å². The molecule has 0 aliphatic rings. The van der Waals surface area contributed by atoms with Gasteiger partial charge in [-0.05, 0) is 37.1 Å². The molecule has 0 aliphatic heterocycles. The molecule has 19 heavy (non-hydrogen) atoms. The zero-order valence-corrected chi connectivity index (χ0v) is 10.7. The summed E-state index contributed by atoms with van der Waals surface area (Å²) in [5.74, 6) is 5.61. The Bertz CT molecular complexity index is 602. The number of fused-ring (bicyclic) bond motifs is 1. The molecule has 1 aromatic carbocycles. The quantitative estimate of drug-likeness (QED) is 0.660. The Morgan fingerprint density at radius 3 is 2.74 bits per heavy atom. The molecule has 0 unspecified atom stereocenters. The van der Waals surface area contributed by atoms with Crippen LogP contribution in [-0.4, -0.2) is 11.6 Å². The number of pyridine rings is 1. The molecule has 0 radical (unpaired) electrons. The number of benzene rings is 1. The van der Waals surface area contributed by atoms with Crippen molar-refractivity contribution in [1.82, 2.24) is 4.98 Å². The Hall–Kier alpha value is -1.95. The lowest BCUT2D eigenvalue weighted by atomic mass is 10.1. The van der Waals surface area contributed by atoms with Crippen LogP contribution in [-0.2, 0) is 6.42 Å². The number of aryl methyl sites for hydroxylation is 1. The molecular weight excluding hydrogens is 252 g/mol. The van der Waals surface area contributed by atoms with Crippen molar-refractivity contribution in [3.8, 4) is 5.75 Å². The largest absolute Gasteiger partial charge is 0.435 e. The van der Waals surface area contributed by atoms with E-state index in [9.17, 15) is 8.78 Å². The van der Waals surface area contributed by atoms with Gasteiger partial charge in [0.05, 0.1) is 11.2 Å². The normalized spacial score (nSPS) is 11.1. The number of nitrogens with two attached hydrogens (primary N) is 1. The fourth-order valence-corrected chi connectivity index (χ4v) is 2.09. The van der Waals surface area contributed by atoms with E-state index in [1.807, 2.05) is 13.8 Å². The first-order valence-corrected chi connectivity index (χ1v) is 5.91. The molecule has 0 fully saturated rings. The van der Waals surface area contributed by atoms with E-state index >= 15 is 0 Å². The average Bonchev–Trinajstić information content (AvgIpc) is 2.37. The van der Waals surface area contributed by atoms with Crippen molar-refractivity contribution in [3.63, 3.8) is 0 Å². The number of aromatic nitrogens is 1. The van der Waals surface area contributed by atoms with Crippen LogP contribution in [0, 0.1) is 6.92 Å². The van der Waals surface area contributed by atoms with Gasteiger partial charge in [-0.1, -0.05) is 6.92 Å². The van der Waals surface area contributed by atoms with Crippen molar-refractivity contribution in [2.75, 3.05) is 5.43 Å². The molecule has 0 bridgehead atoms. The first-order chi connectivity index (χ1) is 9.06. The fourth-order valence-electron chi connectivity index (χ4n) is 2.09. The van der Waals surface area contributed by atoms with Crippen LogP contribution in [0.2, 0.25) is 0 Å². The summed E-state index contributed by atoms with van der Waals surface area (Å²) >= 11 is 0. The SMILES string of the molecule is CCc1nc2ccc(OC(F)F)cc2c(NN)c1C. The molecule has 0 atom stereocenters. The molecule has 0 aliphatic carbocycles. The number of ether oxygens (including phenoxy) is 1. The molecule has 2 rings (SSSR count). The molecule has 3 N–H and O–H groups in total. The van der Waals surface area contributed by atoms with Gasteiger partial charge in [-0.25, -0.2) is 0 Å². The Labute approximate surface area is 109 Å². The molecule has 6 heteroatoms. The number of anilines is 1. The number of rotatable bonds is 4. The minimum atomic E-state index is -2.85. The Morgan fingerprint density at radius 1 is 1.42 bits per heavy atom. The van der Waals surface area contributed by atoms with Crippen LogP contribution in [0.3, 0.4) is 0 Å². The summed E-state index contributed by atoms with van der Waals surface area (Å²) in [6.45, 7) is 1.03. The predicted molar refractivity (Wildman–Crippen MR) is 70.3 cm³/mol. The van der Waals surface area contributed by atoms with E-state index in [4.69, 9.17) is 5.84 Å². The van der Waals surface area contributed by atoms with Crippen LogP contribution >= 0.6 is 0 Å². The van der Waals surface area contributed by atoms with Gasteiger partial charge in [0.15, 0.2) is 0 Å². The zero-order chi connectivity index (χ0) is 14.0. The van der Waals surface area contributed by atoms with Gasteiger partial charge in [-0.3, -0.25) is 10.8 Å². The van der Waals surface area contributed by atoms with Crippen LogP contribution in [0.1, 0.15) is 18.2 Å². The highest BCUT2D eigenvalue weighted by atomic mass is 19.3. The number of hydrogen-bond acceptors (Lipinski definition) is 4. The fraction of sp³-hybridized carbons (Fsp3) is 0.308. The van der Waals surface area contributed by atoms with Crippen molar-refractivity contribution in [2.24, 2.45) is 5.84 Å². The molecule has 102 valence electrons. The van der Waals surface area contributed by atoms with Crippen molar-refractivity contribution in [3.05, 3.63) is 29.5 Å². The number of nitrogen functional groups attached to an aromatic ring is 1. The number of nitrogens with one attached hydrogen (secondary N) is 1. The van der Waals surface area contributed by atoms with Gasteiger partial charge < -0.3 is 10.2 Å². The molecule has 0 amide bonds. The smallest absolute Gasteiger partial charge is 0.387 e. The van der Waals surface area contributed by atoms with Crippen molar-refractivity contribution < 1.29 is 13.5 Å². The average molecular weight is 267 g/mol. The standard InChI is InChI=1S/C13H15F2N3O/c1-3-10-7(2)12(18-16)9-6-8(19-13(14)15)4-5-11(9)17-10/h4-6,13H,3,16H2,1-2H3,(H,17,18). The van der Waals surface area contributed by atoms with Gasteiger partial charge in [0.25, 0.3) is 0 Å². The minimum absolute atomic E-state index is 0.0875. The number of hydrogen-bond donors (Lipinski definition) is 2. The van der Waals surface area contributed by atoms with E-state index in [2.05, 4.69) is 15.1 Å².